The summed E-state index contributed by atoms with van der Waals surface area (Å²) in [5.41, 5.74) is -0.718. The van der Waals surface area contributed by atoms with E-state index >= 15 is 0 Å². The van der Waals surface area contributed by atoms with Gasteiger partial charge in [-0.05, 0) is 36.4 Å². The van der Waals surface area contributed by atoms with E-state index in [4.69, 9.17) is 14.7 Å². The maximum absolute atomic E-state index is 12.8. The smallest absolute Gasteiger partial charge is 0.344 e. The summed E-state index contributed by atoms with van der Waals surface area (Å²) in [6, 6.07) is 17.5. The molecular weight excluding hydrogens is 406 g/mol. The Morgan fingerprint density at radius 1 is 0.645 bits per heavy atom. The van der Waals surface area contributed by atoms with E-state index in [1.165, 1.54) is 29.7 Å². The van der Waals surface area contributed by atoms with Gasteiger partial charge in [0.15, 0.2) is 0 Å². The summed E-state index contributed by atoms with van der Waals surface area (Å²) in [5.74, 6) is -4.50. The Bertz CT molecular complexity index is 1140. The summed E-state index contributed by atoms with van der Waals surface area (Å²) in [6.07, 6.45) is 0. The molecule has 0 radical (unpaired) electrons. The van der Waals surface area contributed by atoms with Crippen LogP contribution in [0, 0.1) is 0 Å². The number of carboxylic acids is 1. The molecule has 156 valence electrons. The van der Waals surface area contributed by atoms with Crippen molar-refractivity contribution in [2.75, 3.05) is 0 Å². The molecule has 0 heterocycles. The van der Waals surface area contributed by atoms with Crippen molar-refractivity contribution in [1.29, 1.82) is 0 Å². The molecule has 9 heteroatoms. The van der Waals surface area contributed by atoms with Crippen molar-refractivity contribution in [3.8, 4) is 11.5 Å². The first-order chi connectivity index (χ1) is 14.9. The van der Waals surface area contributed by atoms with Crippen LogP contribution >= 0.6 is 0 Å². The molecule has 3 aromatic carbocycles. The third-order valence-electron chi connectivity index (χ3n) is 4.08. The van der Waals surface area contributed by atoms with Gasteiger partial charge in [0.1, 0.15) is 11.5 Å². The number of carbonyl (C=O) groups is 4. The van der Waals surface area contributed by atoms with Gasteiger partial charge in [-0.2, -0.15) is 0 Å². The zero-order valence-electron chi connectivity index (χ0n) is 15.8. The highest BCUT2D eigenvalue weighted by Crippen LogP contribution is 2.22. The minimum absolute atomic E-state index is 0.156. The van der Waals surface area contributed by atoms with Crippen molar-refractivity contribution in [2.45, 2.75) is 0 Å². The molecule has 1 amide bonds. The maximum atomic E-state index is 12.8. The van der Waals surface area contributed by atoms with E-state index < -0.39 is 46.1 Å². The molecule has 0 atom stereocenters. The summed E-state index contributed by atoms with van der Waals surface area (Å²) in [6.45, 7) is 0. The van der Waals surface area contributed by atoms with E-state index in [9.17, 15) is 24.3 Å². The Labute approximate surface area is 175 Å². The van der Waals surface area contributed by atoms with Crippen LogP contribution in [-0.4, -0.2) is 34.1 Å². The number of hydrogen-bond acceptors (Lipinski definition) is 7. The maximum Gasteiger partial charge on any atom is 0.344 e. The Balaban J connectivity index is 2.10. The van der Waals surface area contributed by atoms with Gasteiger partial charge in [-0.1, -0.05) is 36.4 Å². The molecule has 0 saturated carbocycles. The Hall–Kier alpha value is -4.50. The van der Waals surface area contributed by atoms with E-state index in [1.807, 2.05) is 0 Å². The van der Waals surface area contributed by atoms with Crippen molar-refractivity contribution in [2.24, 2.45) is 0 Å². The van der Waals surface area contributed by atoms with Gasteiger partial charge < -0.3 is 14.6 Å². The number of carboxylic acid groups (broad SMARTS) is 1. The number of benzene rings is 3. The molecule has 0 aromatic heterocycles. The van der Waals surface area contributed by atoms with Crippen LogP contribution in [0.1, 0.15) is 41.4 Å². The number of ether oxygens (including phenoxy) is 2. The Morgan fingerprint density at radius 3 is 1.45 bits per heavy atom. The Morgan fingerprint density at radius 2 is 1.06 bits per heavy atom. The standard InChI is InChI=1S/C22H15NO8/c24-19(23-29)15-11-17(21(27)30-13-7-3-1-4-8-13)18(12-16(15)20(25)26)22(28)31-14-9-5-2-6-10-14/h1-12,29H,(H,23,24)(H,25,26). The molecule has 0 spiro atoms. The predicted octanol–water partition coefficient (Wildman–Crippen LogP) is 2.94. The molecule has 3 aromatic rings. The summed E-state index contributed by atoms with van der Waals surface area (Å²) < 4.78 is 10.4. The average molecular weight is 421 g/mol. The molecule has 0 fully saturated rings. The Kier molecular flexibility index (Phi) is 6.39. The highest BCUT2D eigenvalue weighted by atomic mass is 16.5. The zero-order chi connectivity index (χ0) is 22.4. The molecule has 3 N–H and O–H groups in total. The topological polar surface area (TPSA) is 139 Å². The van der Waals surface area contributed by atoms with Crippen LogP contribution in [0.2, 0.25) is 0 Å². The quantitative estimate of drug-likeness (QED) is 0.239. The third kappa shape index (κ3) is 4.92. The lowest BCUT2D eigenvalue weighted by Gasteiger charge is -2.13. The van der Waals surface area contributed by atoms with E-state index in [-0.39, 0.29) is 11.5 Å². The fraction of sp³-hybridized carbons (Fsp3) is 0. The predicted molar refractivity (Wildman–Crippen MR) is 105 cm³/mol. The van der Waals surface area contributed by atoms with Crippen molar-refractivity contribution in [3.63, 3.8) is 0 Å². The number of rotatable bonds is 6. The van der Waals surface area contributed by atoms with Crippen molar-refractivity contribution in [3.05, 3.63) is 95.1 Å². The number of para-hydroxylation sites is 2. The first-order valence-corrected chi connectivity index (χ1v) is 8.81. The molecule has 0 aliphatic heterocycles. The van der Waals surface area contributed by atoms with Crippen LogP contribution in [0.5, 0.6) is 11.5 Å². The molecule has 0 saturated heterocycles. The molecule has 0 aliphatic rings. The largest absolute Gasteiger partial charge is 0.478 e. The SMILES string of the molecule is O=C(O)c1cc(C(=O)Oc2ccccc2)c(C(=O)Oc2ccccc2)cc1C(=O)NO. The van der Waals surface area contributed by atoms with E-state index in [2.05, 4.69) is 0 Å². The van der Waals surface area contributed by atoms with Crippen LogP contribution in [0.15, 0.2) is 72.8 Å². The van der Waals surface area contributed by atoms with Crippen LogP contribution in [-0.2, 0) is 0 Å². The minimum Gasteiger partial charge on any atom is -0.478 e. The van der Waals surface area contributed by atoms with Crippen LogP contribution in [0.4, 0.5) is 0 Å². The number of carbonyl (C=O) groups excluding carboxylic acids is 3. The average Bonchev–Trinajstić information content (AvgIpc) is 2.78. The summed E-state index contributed by atoms with van der Waals surface area (Å²) in [7, 11) is 0. The summed E-state index contributed by atoms with van der Waals surface area (Å²) in [5, 5.41) is 18.4. The molecular formula is C22H15NO8. The first kappa shape index (κ1) is 21.2. The molecule has 0 unspecified atom stereocenters. The number of esters is 2. The monoisotopic (exact) mass is 421 g/mol. The number of hydroxylamine groups is 1. The molecule has 3 rings (SSSR count). The second-order valence-electron chi connectivity index (χ2n) is 6.09. The highest BCUT2D eigenvalue weighted by Gasteiger charge is 2.27. The fourth-order valence-electron chi connectivity index (χ4n) is 2.66. The van der Waals surface area contributed by atoms with Crippen LogP contribution in [0.25, 0.3) is 0 Å². The van der Waals surface area contributed by atoms with E-state index in [0.717, 1.165) is 12.1 Å². The van der Waals surface area contributed by atoms with Crippen LogP contribution < -0.4 is 15.0 Å². The zero-order valence-corrected chi connectivity index (χ0v) is 15.8. The minimum atomic E-state index is -1.56. The molecule has 0 aliphatic carbocycles. The molecule has 31 heavy (non-hydrogen) atoms. The van der Waals surface area contributed by atoms with Crippen molar-refractivity contribution >= 4 is 23.8 Å². The number of nitrogens with one attached hydrogen (secondary N) is 1. The molecule has 9 nitrogen and oxygen atoms in total. The second-order valence-corrected chi connectivity index (χ2v) is 6.09. The molecule has 0 bridgehead atoms. The summed E-state index contributed by atoms with van der Waals surface area (Å²) >= 11 is 0. The van der Waals surface area contributed by atoms with Gasteiger partial charge in [0.05, 0.1) is 22.3 Å². The highest BCUT2D eigenvalue weighted by molar-refractivity contribution is 6.11. The lowest BCUT2D eigenvalue weighted by atomic mass is 9.97. The van der Waals surface area contributed by atoms with Gasteiger partial charge in [0.2, 0.25) is 0 Å². The number of hydrogen-bond donors (Lipinski definition) is 3. The van der Waals surface area contributed by atoms with Gasteiger partial charge in [0.25, 0.3) is 5.91 Å². The van der Waals surface area contributed by atoms with Gasteiger partial charge in [-0.3, -0.25) is 10.0 Å². The third-order valence-corrected chi connectivity index (χ3v) is 4.08. The fourth-order valence-corrected chi connectivity index (χ4v) is 2.66. The number of amides is 1. The van der Waals surface area contributed by atoms with Crippen molar-refractivity contribution in [1.82, 2.24) is 5.48 Å². The number of aromatic carboxylic acids is 1. The van der Waals surface area contributed by atoms with Crippen LogP contribution in [0.3, 0.4) is 0 Å². The van der Waals surface area contributed by atoms with Gasteiger partial charge in [0, 0.05) is 0 Å². The normalized spacial score (nSPS) is 10.1. The first-order valence-electron chi connectivity index (χ1n) is 8.81. The van der Waals surface area contributed by atoms with Gasteiger partial charge in [-0.25, -0.2) is 19.9 Å². The lowest BCUT2D eigenvalue weighted by Crippen LogP contribution is -2.25. The van der Waals surface area contributed by atoms with E-state index in [1.54, 1.807) is 36.4 Å². The van der Waals surface area contributed by atoms with Gasteiger partial charge in [-0.15, -0.1) is 0 Å². The van der Waals surface area contributed by atoms with E-state index in [0.29, 0.717) is 0 Å². The van der Waals surface area contributed by atoms with Crippen molar-refractivity contribution < 1.29 is 39.0 Å². The second kappa shape index (κ2) is 9.33. The lowest BCUT2D eigenvalue weighted by molar-refractivity contribution is 0.0656. The van der Waals surface area contributed by atoms with Gasteiger partial charge >= 0.3 is 17.9 Å². The summed E-state index contributed by atoms with van der Waals surface area (Å²) in [4.78, 5) is 49.1.